The molecule has 1 spiro atoms. The van der Waals surface area contributed by atoms with Gasteiger partial charge in [-0.2, -0.15) is 0 Å². The largest absolute Gasteiger partial charge is 0.491 e. The van der Waals surface area contributed by atoms with Gasteiger partial charge < -0.3 is 23.8 Å². The van der Waals surface area contributed by atoms with Crippen LogP contribution >= 0.6 is 0 Å². The molecular formula is C25H23NO5. The van der Waals surface area contributed by atoms with Gasteiger partial charge in [0.05, 0.1) is 6.04 Å². The molecule has 6 heteroatoms. The van der Waals surface area contributed by atoms with Gasteiger partial charge in [0.2, 0.25) is 5.91 Å². The van der Waals surface area contributed by atoms with Crippen LogP contribution in [0.25, 0.3) is 0 Å². The Morgan fingerprint density at radius 2 is 1.84 bits per heavy atom. The SMILES string of the molecule is CN1C(=O)C2(COc3cc4c(cc32)OCCO4)C2=C(OCc3ccccc3)C=CCC21. The van der Waals surface area contributed by atoms with Gasteiger partial charge in [-0.25, -0.2) is 0 Å². The summed E-state index contributed by atoms with van der Waals surface area (Å²) in [6, 6.07) is 13.8. The molecule has 158 valence electrons. The van der Waals surface area contributed by atoms with Crippen LogP contribution in [0, 0.1) is 0 Å². The van der Waals surface area contributed by atoms with Crippen molar-refractivity contribution in [3.8, 4) is 17.2 Å². The summed E-state index contributed by atoms with van der Waals surface area (Å²) in [5.41, 5.74) is 2.00. The van der Waals surface area contributed by atoms with Crippen molar-refractivity contribution in [2.24, 2.45) is 0 Å². The Hall–Kier alpha value is -3.41. The molecule has 1 fully saturated rings. The summed E-state index contributed by atoms with van der Waals surface area (Å²) in [5.74, 6) is 2.79. The monoisotopic (exact) mass is 417 g/mol. The second-order valence-corrected chi connectivity index (χ2v) is 8.31. The number of carbonyl (C=O) groups excluding carboxylic acids is 1. The Morgan fingerprint density at radius 3 is 2.65 bits per heavy atom. The first-order valence-corrected chi connectivity index (χ1v) is 10.6. The van der Waals surface area contributed by atoms with Gasteiger partial charge in [0, 0.05) is 24.3 Å². The van der Waals surface area contributed by atoms with Crippen molar-refractivity contribution < 1.29 is 23.7 Å². The van der Waals surface area contributed by atoms with Gasteiger partial charge in [-0.05, 0) is 24.1 Å². The number of likely N-dealkylation sites (N-methyl/N-ethyl adjacent to an activating group) is 1. The van der Waals surface area contributed by atoms with Crippen LogP contribution in [0.15, 0.2) is 65.9 Å². The zero-order chi connectivity index (χ0) is 21.0. The molecule has 0 N–H and O–H groups in total. The number of benzene rings is 2. The Balaban J connectivity index is 1.47. The number of rotatable bonds is 3. The number of fused-ring (bicyclic) bond motifs is 5. The zero-order valence-electron chi connectivity index (χ0n) is 17.3. The highest BCUT2D eigenvalue weighted by Crippen LogP contribution is 2.55. The van der Waals surface area contributed by atoms with E-state index in [0.29, 0.717) is 37.1 Å². The minimum Gasteiger partial charge on any atom is -0.491 e. The molecule has 1 saturated heterocycles. The van der Waals surface area contributed by atoms with Crippen LogP contribution in [0.2, 0.25) is 0 Å². The van der Waals surface area contributed by atoms with Crippen LogP contribution in [-0.2, 0) is 21.6 Å². The van der Waals surface area contributed by atoms with E-state index < -0.39 is 5.41 Å². The maximum absolute atomic E-state index is 13.7. The van der Waals surface area contributed by atoms with Gasteiger partial charge in [-0.3, -0.25) is 4.79 Å². The molecule has 1 amide bonds. The lowest BCUT2D eigenvalue weighted by Gasteiger charge is -2.28. The van der Waals surface area contributed by atoms with E-state index in [0.717, 1.165) is 28.9 Å². The first kappa shape index (κ1) is 18.4. The molecule has 3 heterocycles. The predicted molar refractivity (Wildman–Crippen MR) is 113 cm³/mol. The van der Waals surface area contributed by atoms with Crippen LogP contribution in [0.1, 0.15) is 17.5 Å². The summed E-state index contributed by atoms with van der Waals surface area (Å²) < 4.78 is 23.9. The van der Waals surface area contributed by atoms with Crippen molar-refractivity contribution in [3.63, 3.8) is 0 Å². The number of nitrogens with zero attached hydrogens (tertiary/aromatic N) is 1. The highest BCUT2D eigenvalue weighted by atomic mass is 16.6. The Labute approximate surface area is 180 Å². The summed E-state index contributed by atoms with van der Waals surface area (Å²) in [6.07, 6.45) is 4.84. The number of amides is 1. The number of hydrogen-bond donors (Lipinski definition) is 0. The molecular weight excluding hydrogens is 394 g/mol. The van der Waals surface area contributed by atoms with Gasteiger partial charge in [0.1, 0.15) is 43.4 Å². The summed E-state index contributed by atoms with van der Waals surface area (Å²) in [7, 11) is 1.87. The average molecular weight is 417 g/mol. The highest BCUT2D eigenvalue weighted by Gasteiger charge is 2.61. The Kier molecular flexibility index (Phi) is 4.03. The van der Waals surface area contributed by atoms with Crippen molar-refractivity contribution in [3.05, 3.63) is 77.1 Å². The maximum Gasteiger partial charge on any atom is 0.241 e. The third-order valence-electron chi connectivity index (χ3n) is 6.63. The number of hydrogen-bond acceptors (Lipinski definition) is 5. The molecule has 31 heavy (non-hydrogen) atoms. The molecule has 0 bridgehead atoms. The highest BCUT2D eigenvalue weighted by molar-refractivity contribution is 5.98. The fourth-order valence-corrected chi connectivity index (χ4v) is 5.13. The fraction of sp³-hybridized carbons (Fsp3) is 0.320. The van der Waals surface area contributed by atoms with E-state index in [1.807, 2.05) is 60.5 Å². The standard InChI is InChI=1S/C25H23NO5/c1-26-18-8-5-9-19(30-14-16-6-3-2-4-7-16)23(18)25(24(26)27)15-31-20-13-22-21(12-17(20)25)28-10-11-29-22/h2-7,9,12-13,18H,8,10-11,14-15H2,1H3. The third kappa shape index (κ3) is 2.60. The smallest absolute Gasteiger partial charge is 0.241 e. The van der Waals surface area contributed by atoms with Gasteiger partial charge in [-0.15, -0.1) is 0 Å². The first-order valence-electron chi connectivity index (χ1n) is 10.6. The van der Waals surface area contributed by atoms with Crippen LogP contribution < -0.4 is 14.2 Å². The average Bonchev–Trinajstić information content (AvgIpc) is 3.29. The second kappa shape index (κ2) is 6.80. The Morgan fingerprint density at radius 1 is 1.06 bits per heavy atom. The normalized spacial score (nSPS) is 25.5. The summed E-state index contributed by atoms with van der Waals surface area (Å²) in [6.45, 7) is 1.70. The van der Waals surface area contributed by atoms with Crippen LogP contribution in [0.4, 0.5) is 0 Å². The van der Waals surface area contributed by atoms with E-state index in [1.54, 1.807) is 0 Å². The minimum atomic E-state index is -0.901. The summed E-state index contributed by atoms with van der Waals surface area (Å²) in [4.78, 5) is 15.5. The predicted octanol–water partition coefficient (Wildman–Crippen LogP) is 3.36. The minimum absolute atomic E-state index is 0.0347. The lowest BCUT2D eigenvalue weighted by atomic mass is 9.73. The molecule has 2 unspecified atom stereocenters. The van der Waals surface area contributed by atoms with Gasteiger partial charge in [-0.1, -0.05) is 36.4 Å². The molecule has 6 nitrogen and oxygen atoms in total. The lowest BCUT2D eigenvalue weighted by Crippen LogP contribution is -2.39. The molecule has 6 rings (SSSR count). The van der Waals surface area contributed by atoms with Crippen LogP contribution in [0.5, 0.6) is 17.2 Å². The first-order chi connectivity index (χ1) is 15.2. The third-order valence-corrected chi connectivity index (χ3v) is 6.63. The van der Waals surface area contributed by atoms with Crippen molar-refractivity contribution >= 4 is 5.91 Å². The van der Waals surface area contributed by atoms with E-state index in [2.05, 4.69) is 6.08 Å². The van der Waals surface area contributed by atoms with Crippen molar-refractivity contribution in [1.29, 1.82) is 0 Å². The van der Waals surface area contributed by atoms with Crippen molar-refractivity contribution in [2.45, 2.75) is 24.5 Å². The molecule has 0 saturated carbocycles. The topological polar surface area (TPSA) is 57.2 Å². The molecule has 2 aromatic carbocycles. The lowest BCUT2D eigenvalue weighted by molar-refractivity contribution is -0.132. The zero-order valence-corrected chi connectivity index (χ0v) is 17.3. The summed E-state index contributed by atoms with van der Waals surface area (Å²) in [5, 5.41) is 0. The van der Waals surface area contributed by atoms with Gasteiger partial charge in [0.15, 0.2) is 11.5 Å². The number of carbonyl (C=O) groups is 1. The van der Waals surface area contributed by atoms with E-state index in [9.17, 15) is 4.79 Å². The number of likely N-dealkylation sites (tertiary alicyclic amines) is 1. The van der Waals surface area contributed by atoms with Gasteiger partial charge >= 0.3 is 0 Å². The number of ether oxygens (including phenoxy) is 4. The van der Waals surface area contributed by atoms with Crippen LogP contribution in [-0.4, -0.2) is 43.7 Å². The Bertz CT molecular complexity index is 1120. The quantitative estimate of drug-likeness (QED) is 0.767. The van der Waals surface area contributed by atoms with Gasteiger partial charge in [0.25, 0.3) is 0 Å². The molecule has 2 aromatic rings. The molecule has 4 aliphatic rings. The van der Waals surface area contributed by atoms with E-state index >= 15 is 0 Å². The number of allylic oxidation sites excluding steroid dienone is 1. The van der Waals surface area contributed by atoms with Crippen molar-refractivity contribution in [2.75, 3.05) is 26.9 Å². The molecule has 3 aliphatic heterocycles. The van der Waals surface area contributed by atoms with Crippen LogP contribution in [0.3, 0.4) is 0 Å². The molecule has 1 aliphatic carbocycles. The second-order valence-electron chi connectivity index (χ2n) is 8.31. The maximum atomic E-state index is 13.7. The van der Waals surface area contributed by atoms with E-state index in [1.165, 1.54) is 0 Å². The molecule has 2 atom stereocenters. The van der Waals surface area contributed by atoms with E-state index in [-0.39, 0.29) is 18.6 Å². The van der Waals surface area contributed by atoms with E-state index in [4.69, 9.17) is 18.9 Å². The molecule has 0 radical (unpaired) electrons. The summed E-state index contributed by atoms with van der Waals surface area (Å²) >= 11 is 0. The fourth-order valence-electron chi connectivity index (χ4n) is 5.13. The van der Waals surface area contributed by atoms with Crippen molar-refractivity contribution in [1.82, 2.24) is 4.90 Å². The molecule has 0 aromatic heterocycles.